The Morgan fingerprint density at radius 3 is 2.17 bits per heavy atom. The van der Waals surface area contributed by atoms with Crippen LogP contribution in [0.3, 0.4) is 0 Å². The smallest absolute Gasteiger partial charge is 0.268 e. The lowest BCUT2D eigenvalue weighted by atomic mass is 9.95. The third kappa shape index (κ3) is 6.05. The van der Waals surface area contributed by atoms with E-state index < -0.39 is 24.0 Å². The highest BCUT2D eigenvalue weighted by molar-refractivity contribution is 5.98. The van der Waals surface area contributed by atoms with Crippen molar-refractivity contribution in [2.45, 2.75) is 50.8 Å². The summed E-state index contributed by atoms with van der Waals surface area (Å²) in [6.07, 6.45) is 3.92. The van der Waals surface area contributed by atoms with E-state index >= 15 is 0 Å². The average Bonchev–Trinajstić information content (AvgIpc) is 3.49. The molecule has 5 atom stereocenters. The standard InChI is InChI=1S/C26H32N4O5/c1-15(31)24(26(34)30-35)29-25(33)19-6-4-17(5-7-19)18-8-10-21(11-9-18)28-23(32)14-27-22-13-16-2-3-20(22)12-16/h4-11,15-16,20,22,24,27,31,35H,2-3,12-14H2,1H3,(H,28,32)(H,29,33)(H,30,34)/t15-,16?,20-,22-,24+/m1/s1. The highest BCUT2D eigenvalue weighted by Crippen LogP contribution is 2.44. The van der Waals surface area contributed by atoms with Crippen LogP contribution in [0.15, 0.2) is 48.5 Å². The topological polar surface area (TPSA) is 140 Å². The predicted octanol–water partition coefficient (Wildman–Crippen LogP) is 2.05. The first-order valence-corrected chi connectivity index (χ1v) is 12.0. The number of fused-ring (bicyclic) bond motifs is 2. The summed E-state index contributed by atoms with van der Waals surface area (Å²) in [7, 11) is 0. The second kappa shape index (κ2) is 11.0. The van der Waals surface area contributed by atoms with Gasteiger partial charge in [0.1, 0.15) is 6.04 Å². The van der Waals surface area contributed by atoms with Crippen LogP contribution in [0, 0.1) is 11.8 Å². The van der Waals surface area contributed by atoms with E-state index in [2.05, 4.69) is 16.0 Å². The second-order valence-electron chi connectivity index (χ2n) is 9.53. The molecule has 2 aromatic carbocycles. The number of carbonyl (C=O) groups is 3. The Morgan fingerprint density at radius 2 is 1.63 bits per heavy atom. The maximum absolute atomic E-state index is 12.4. The minimum Gasteiger partial charge on any atom is -0.391 e. The molecule has 4 rings (SSSR count). The van der Waals surface area contributed by atoms with Gasteiger partial charge in [0.05, 0.1) is 12.6 Å². The molecule has 0 heterocycles. The predicted molar refractivity (Wildman–Crippen MR) is 131 cm³/mol. The van der Waals surface area contributed by atoms with Gasteiger partial charge in [-0.25, -0.2) is 5.48 Å². The number of benzene rings is 2. The van der Waals surface area contributed by atoms with Crippen LogP contribution in [0.25, 0.3) is 11.1 Å². The Bertz CT molecular complexity index is 1050. The largest absolute Gasteiger partial charge is 0.391 e. The lowest BCUT2D eigenvalue weighted by Gasteiger charge is -2.22. The molecule has 1 unspecified atom stereocenters. The summed E-state index contributed by atoms with van der Waals surface area (Å²) < 4.78 is 0. The van der Waals surface area contributed by atoms with Crippen molar-refractivity contribution in [2.24, 2.45) is 11.8 Å². The van der Waals surface area contributed by atoms with E-state index in [4.69, 9.17) is 5.21 Å². The molecule has 0 spiro atoms. The molecule has 2 aliphatic rings. The summed E-state index contributed by atoms with van der Waals surface area (Å²) in [5.74, 6) is 0.0534. The number of amides is 3. The molecule has 9 nitrogen and oxygen atoms in total. The van der Waals surface area contributed by atoms with Crippen molar-refractivity contribution < 1.29 is 24.7 Å². The van der Waals surface area contributed by atoms with Crippen molar-refractivity contribution in [3.8, 4) is 11.1 Å². The van der Waals surface area contributed by atoms with Crippen LogP contribution in [0.1, 0.15) is 43.0 Å². The zero-order valence-electron chi connectivity index (χ0n) is 19.7. The summed E-state index contributed by atoms with van der Waals surface area (Å²) >= 11 is 0. The summed E-state index contributed by atoms with van der Waals surface area (Å²) in [6, 6.07) is 13.4. The molecule has 2 bridgehead atoms. The van der Waals surface area contributed by atoms with E-state index in [0.717, 1.165) is 28.7 Å². The zero-order valence-corrected chi connectivity index (χ0v) is 19.7. The molecule has 2 fully saturated rings. The van der Waals surface area contributed by atoms with Gasteiger partial charge < -0.3 is 21.1 Å². The second-order valence-corrected chi connectivity index (χ2v) is 9.53. The van der Waals surface area contributed by atoms with Gasteiger partial charge in [0.2, 0.25) is 5.91 Å². The molecular formula is C26H32N4O5. The maximum atomic E-state index is 12.4. The molecule has 9 heteroatoms. The first-order valence-electron chi connectivity index (χ1n) is 12.0. The van der Waals surface area contributed by atoms with Gasteiger partial charge in [0, 0.05) is 17.3 Å². The Balaban J connectivity index is 1.29. The van der Waals surface area contributed by atoms with Crippen LogP contribution in [-0.2, 0) is 9.59 Å². The van der Waals surface area contributed by atoms with Gasteiger partial charge in [0.25, 0.3) is 11.8 Å². The van der Waals surface area contributed by atoms with Crippen molar-refractivity contribution in [1.82, 2.24) is 16.1 Å². The summed E-state index contributed by atoms with van der Waals surface area (Å²) in [5.41, 5.74) is 4.24. The van der Waals surface area contributed by atoms with Crippen LogP contribution in [0.2, 0.25) is 0 Å². The van der Waals surface area contributed by atoms with Gasteiger partial charge in [0.15, 0.2) is 0 Å². The number of hydrogen-bond acceptors (Lipinski definition) is 6. The summed E-state index contributed by atoms with van der Waals surface area (Å²) in [6.45, 7) is 1.65. The quantitative estimate of drug-likeness (QED) is 0.240. The van der Waals surface area contributed by atoms with E-state index in [1.165, 1.54) is 38.1 Å². The molecule has 2 aromatic rings. The van der Waals surface area contributed by atoms with Crippen LogP contribution in [0.4, 0.5) is 5.69 Å². The Kier molecular flexibility index (Phi) is 7.80. The van der Waals surface area contributed by atoms with Crippen LogP contribution in [0.5, 0.6) is 0 Å². The summed E-state index contributed by atoms with van der Waals surface area (Å²) in [4.78, 5) is 36.4. The number of anilines is 1. The fraction of sp³-hybridized carbons (Fsp3) is 0.423. The Morgan fingerprint density at radius 1 is 0.971 bits per heavy atom. The van der Waals surface area contributed by atoms with Crippen molar-refractivity contribution in [3.05, 3.63) is 54.1 Å². The number of aliphatic hydroxyl groups is 1. The SMILES string of the molecule is C[C@@H](O)[C@H](NC(=O)c1ccc(-c2ccc(NC(=O)CN[C@@H]3CC4CC[C@@H]3C4)cc2)cc1)C(=O)NO. The fourth-order valence-electron chi connectivity index (χ4n) is 5.18. The molecule has 0 radical (unpaired) electrons. The highest BCUT2D eigenvalue weighted by Gasteiger charge is 2.39. The first-order chi connectivity index (χ1) is 16.8. The molecule has 186 valence electrons. The van der Waals surface area contributed by atoms with Gasteiger partial charge >= 0.3 is 0 Å². The Labute approximate surface area is 204 Å². The van der Waals surface area contributed by atoms with E-state index in [1.807, 2.05) is 24.3 Å². The lowest BCUT2D eigenvalue weighted by Crippen LogP contribution is -2.51. The molecule has 2 saturated carbocycles. The van der Waals surface area contributed by atoms with Crippen molar-refractivity contribution in [3.63, 3.8) is 0 Å². The van der Waals surface area contributed by atoms with E-state index in [9.17, 15) is 19.5 Å². The van der Waals surface area contributed by atoms with Gasteiger partial charge in [-0.2, -0.15) is 0 Å². The van der Waals surface area contributed by atoms with Crippen molar-refractivity contribution >= 4 is 23.4 Å². The lowest BCUT2D eigenvalue weighted by molar-refractivity contribution is -0.133. The maximum Gasteiger partial charge on any atom is 0.268 e. The van der Waals surface area contributed by atoms with Crippen LogP contribution in [-0.4, -0.2) is 52.8 Å². The number of hydrogen-bond donors (Lipinski definition) is 6. The first kappa shape index (κ1) is 24.8. The van der Waals surface area contributed by atoms with Crippen molar-refractivity contribution in [2.75, 3.05) is 11.9 Å². The molecule has 6 N–H and O–H groups in total. The van der Waals surface area contributed by atoms with E-state index in [0.29, 0.717) is 18.2 Å². The third-order valence-electron chi connectivity index (χ3n) is 7.07. The third-order valence-corrected chi connectivity index (χ3v) is 7.07. The molecule has 2 aliphatic carbocycles. The number of rotatable bonds is 9. The molecule has 0 aliphatic heterocycles. The van der Waals surface area contributed by atoms with Gasteiger partial charge in [-0.1, -0.05) is 30.7 Å². The molecule has 0 aromatic heterocycles. The fourth-order valence-corrected chi connectivity index (χ4v) is 5.18. The molecule has 0 saturated heterocycles. The average molecular weight is 481 g/mol. The number of nitrogens with one attached hydrogen (secondary N) is 4. The minimum absolute atomic E-state index is 0.0544. The summed E-state index contributed by atoms with van der Waals surface area (Å²) in [5, 5.41) is 27.2. The minimum atomic E-state index is -1.28. The van der Waals surface area contributed by atoms with Gasteiger partial charge in [-0.05, 0) is 73.4 Å². The van der Waals surface area contributed by atoms with Crippen molar-refractivity contribution in [1.29, 1.82) is 0 Å². The molecular weight excluding hydrogens is 448 g/mol. The monoisotopic (exact) mass is 480 g/mol. The Hall–Kier alpha value is -3.27. The normalized spacial score (nSPS) is 22.3. The van der Waals surface area contributed by atoms with Gasteiger partial charge in [-0.15, -0.1) is 0 Å². The number of carbonyl (C=O) groups excluding carboxylic acids is 3. The molecule has 3 amide bonds. The molecule has 35 heavy (non-hydrogen) atoms. The van der Waals surface area contributed by atoms with Crippen LogP contribution < -0.4 is 21.4 Å². The van der Waals surface area contributed by atoms with Crippen LogP contribution >= 0.6 is 0 Å². The zero-order chi connectivity index (χ0) is 24.9. The number of aliphatic hydroxyl groups excluding tert-OH is 1. The van der Waals surface area contributed by atoms with E-state index in [-0.39, 0.29) is 5.91 Å². The number of hydroxylamine groups is 1. The van der Waals surface area contributed by atoms with Gasteiger partial charge in [-0.3, -0.25) is 19.6 Å². The van der Waals surface area contributed by atoms with E-state index in [1.54, 1.807) is 24.3 Å². The highest BCUT2D eigenvalue weighted by atomic mass is 16.5.